The zero-order chi connectivity index (χ0) is 25.2. The summed E-state index contributed by atoms with van der Waals surface area (Å²) in [6.45, 7) is 5.79. The average Bonchev–Trinajstić information content (AvgIpc) is 2.65. The molecule has 1 heterocycles. The van der Waals surface area contributed by atoms with Gasteiger partial charge in [0.25, 0.3) is 5.91 Å². The number of hydrogen-bond acceptors (Lipinski definition) is 5. The Bertz CT molecular complexity index is 1030. The van der Waals surface area contributed by atoms with Crippen molar-refractivity contribution in [1.82, 2.24) is 10.3 Å². The molecule has 1 aromatic carbocycles. The summed E-state index contributed by atoms with van der Waals surface area (Å²) in [6, 6.07) is 6.61. The second-order valence-corrected chi connectivity index (χ2v) is 8.03. The van der Waals surface area contributed by atoms with E-state index in [4.69, 9.17) is 0 Å². The van der Waals surface area contributed by atoms with Crippen molar-refractivity contribution < 1.29 is 41.4 Å². The van der Waals surface area contributed by atoms with Crippen LogP contribution in [0.2, 0.25) is 0 Å². The van der Waals surface area contributed by atoms with Crippen molar-refractivity contribution in [3.63, 3.8) is 0 Å². The van der Waals surface area contributed by atoms with Crippen LogP contribution < -0.4 is 10.1 Å². The number of rotatable bonds is 8. The number of benzene rings is 1. The van der Waals surface area contributed by atoms with E-state index in [2.05, 4.69) is 15.0 Å². The topological polar surface area (TPSA) is 88.5 Å². The summed E-state index contributed by atoms with van der Waals surface area (Å²) in [6.07, 6.45) is -11.5. The highest BCUT2D eigenvalue weighted by atomic mass is 19.4. The van der Waals surface area contributed by atoms with Gasteiger partial charge >= 0.3 is 12.3 Å². The predicted molar refractivity (Wildman–Crippen MR) is 108 cm³/mol. The van der Waals surface area contributed by atoms with Crippen LogP contribution in [0.4, 0.5) is 22.0 Å². The maximum Gasteiger partial charge on any atom is 0.499 e. The van der Waals surface area contributed by atoms with Gasteiger partial charge in [-0.2, -0.15) is 22.0 Å². The molecule has 2 N–H and O–H groups in total. The van der Waals surface area contributed by atoms with Gasteiger partial charge in [0.2, 0.25) is 0 Å². The summed E-state index contributed by atoms with van der Waals surface area (Å²) < 4.78 is 67.3. The molecule has 0 aliphatic heterocycles. The van der Waals surface area contributed by atoms with Crippen LogP contribution in [0.25, 0.3) is 0 Å². The van der Waals surface area contributed by atoms with Crippen molar-refractivity contribution in [2.24, 2.45) is 0 Å². The molecule has 1 amide bonds. The lowest BCUT2D eigenvalue weighted by molar-refractivity contribution is -0.360. The number of amides is 1. The molecular weight excluding hydrogens is 451 g/mol. The van der Waals surface area contributed by atoms with Gasteiger partial charge in [0, 0.05) is 17.0 Å². The standard InChI is InChI=1S/C22H23F5N2O4/c1-12-8-15(9-16(28-12)11-18(30)20(3,4)32)19(31)29-13(2)14-6-5-7-17(10-14)33-22(26,27)21(23,24)25/h5-10,13,32H,11H2,1-4H3,(H,29,31)/t13-/m1/s1. The monoisotopic (exact) mass is 474 g/mol. The van der Waals surface area contributed by atoms with Crippen LogP contribution >= 0.6 is 0 Å². The number of alkyl halides is 5. The van der Waals surface area contributed by atoms with Gasteiger partial charge in [-0.05, 0) is 57.5 Å². The Balaban J connectivity index is 2.17. The van der Waals surface area contributed by atoms with E-state index < -0.39 is 41.4 Å². The van der Waals surface area contributed by atoms with E-state index in [1.165, 1.54) is 45.0 Å². The number of nitrogens with zero attached hydrogens (tertiary/aromatic N) is 1. The molecule has 0 saturated heterocycles. The van der Waals surface area contributed by atoms with Crippen molar-refractivity contribution in [1.29, 1.82) is 0 Å². The fraction of sp³-hybridized carbons (Fsp3) is 0.409. The lowest BCUT2D eigenvalue weighted by Crippen LogP contribution is -2.41. The van der Waals surface area contributed by atoms with E-state index in [0.29, 0.717) is 5.69 Å². The van der Waals surface area contributed by atoms with E-state index in [9.17, 15) is 36.6 Å². The molecule has 6 nitrogen and oxygen atoms in total. The van der Waals surface area contributed by atoms with Crippen molar-refractivity contribution in [2.45, 2.75) is 58.0 Å². The summed E-state index contributed by atoms with van der Waals surface area (Å²) in [5, 5.41) is 12.4. The fourth-order valence-corrected chi connectivity index (χ4v) is 2.76. The molecule has 0 aliphatic rings. The number of aliphatic hydroxyl groups is 1. The summed E-state index contributed by atoms with van der Waals surface area (Å²) in [5.74, 6) is -1.80. The Kier molecular flexibility index (Phi) is 7.47. The first-order valence-corrected chi connectivity index (χ1v) is 9.77. The van der Waals surface area contributed by atoms with Gasteiger partial charge in [-0.15, -0.1) is 0 Å². The molecule has 1 atom stereocenters. The first-order valence-electron chi connectivity index (χ1n) is 9.77. The lowest BCUT2D eigenvalue weighted by atomic mass is 9.98. The van der Waals surface area contributed by atoms with Crippen molar-refractivity contribution in [2.75, 3.05) is 0 Å². The zero-order valence-corrected chi connectivity index (χ0v) is 18.3. The third kappa shape index (κ3) is 6.95. The molecule has 2 aromatic rings. The summed E-state index contributed by atoms with van der Waals surface area (Å²) in [7, 11) is 0. The Morgan fingerprint density at radius 3 is 2.33 bits per heavy atom. The van der Waals surface area contributed by atoms with Gasteiger partial charge in [0.1, 0.15) is 11.4 Å². The molecule has 11 heteroatoms. The minimum atomic E-state index is -5.88. The highest BCUT2D eigenvalue weighted by Crippen LogP contribution is 2.37. The van der Waals surface area contributed by atoms with Crippen LogP contribution in [0.5, 0.6) is 5.75 Å². The van der Waals surface area contributed by atoms with Gasteiger partial charge in [-0.3, -0.25) is 14.6 Å². The molecule has 0 radical (unpaired) electrons. The number of Topliss-reactive ketones (excluding diaryl/α,β-unsaturated/α-hetero) is 1. The maximum atomic E-state index is 13.2. The first-order chi connectivity index (χ1) is 15.0. The smallest absolute Gasteiger partial charge is 0.426 e. The first kappa shape index (κ1) is 26.2. The largest absolute Gasteiger partial charge is 0.499 e. The minimum absolute atomic E-state index is 0.156. The highest BCUT2D eigenvalue weighted by molar-refractivity contribution is 5.95. The molecular formula is C22H23F5N2O4. The number of halogens is 5. The normalized spacial score (nSPS) is 13.4. The van der Waals surface area contributed by atoms with E-state index in [1.807, 2.05) is 0 Å². The Morgan fingerprint density at radius 1 is 1.12 bits per heavy atom. The van der Waals surface area contributed by atoms with Crippen LogP contribution in [-0.4, -0.2) is 39.7 Å². The maximum absolute atomic E-state index is 13.2. The minimum Gasteiger partial charge on any atom is -0.426 e. The highest BCUT2D eigenvalue weighted by Gasteiger charge is 2.61. The molecule has 180 valence electrons. The number of hydrogen-bond donors (Lipinski definition) is 2. The predicted octanol–water partition coefficient (Wildman–Crippen LogP) is 4.30. The van der Waals surface area contributed by atoms with Crippen LogP contribution in [0.3, 0.4) is 0 Å². The Hall–Kier alpha value is -3.08. The third-order valence-corrected chi connectivity index (χ3v) is 4.57. The zero-order valence-electron chi connectivity index (χ0n) is 18.3. The number of pyridine rings is 1. The van der Waals surface area contributed by atoms with Crippen LogP contribution in [-0.2, 0) is 11.2 Å². The van der Waals surface area contributed by atoms with E-state index >= 15 is 0 Å². The quantitative estimate of drug-likeness (QED) is 0.557. The summed E-state index contributed by atoms with van der Waals surface area (Å²) >= 11 is 0. The average molecular weight is 474 g/mol. The number of nitrogens with one attached hydrogen (secondary N) is 1. The third-order valence-electron chi connectivity index (χ3n) is 4.57. The molecule has 0 bridgehead atoms. The second-order valence-electron chi connectivity index (χ2n) is 8.03. The molecule has 33 heavy (non-hydrogen) atoms. The molecule has 0 spiro atoms. The molecule has 0 aliphatic carbocycles. The van der Waals surface area contributed by atoms with Crippen molar-refractivity contribution >= 4 is 11.7 Å². The Labute approximate surface area is 186 Å². The van der Waals surface area contributed by atoms with Gasteiger partial charge < -0.3 is 15.2 Å². The van der Waals surface area contributed by atoms with Crippen molar-refractivity contribution in [3.8, 4) is 5.75 Å². The van der Waals surface area contributed by atoms with Gasteiger partial charge in [-0.1, -0.05) is 12.1 Å². The fourth-order valence-electron chi connectivity index (χ4n) is 2.76. The van der Waals surface area contributed by atoms with E-state index in [-0.39, 0.29) is 23.2 Å². The van der Waals surface area contributed by atoms with Crippen LogP contribution in [0.15, 0.2) is 36.4 Å². The van der Waals surface area contributed by atoms with Crippen LogP contribution in [0, 0.1) is 6.92 Å². The SMILES string of the molecule is Cc1cc(C(=O)N[C@H](C)c2cccc(OC(F)(F)C(F)(F)F)c2)cc(CC(=O)C(C)(C)O)n1. The number of ketones is 1. The van der Waals surface area contributed by atoms with Crippen LogP contribution in [0.1, 0.15) is 54.1 Å². The number of ether oxygens (including phenoxy) is 1. The number of carbonyl (C=O) groups excluding carboxylic acids is 2. The van der Waals surface area contributed by atoms with Gasteiger partial charge in [0.05, 0.1) is 12.5 Å². The van der Waals surface area contributed by atoms with Gasteiger partial charge in [-0.25, -0.2) is 0 Å². The summed E-state index contributed by atoms with van der Waals surface area (Å²) in [5.41, 5.74) is -0.479. The Morgan fingerprint density at radius 2 is 1.76 bits per heavy atom. The lowest BCUT2D eigenvalue weighted by Gasteiger charge is -2.21. The summed E-state index contributed by atoms with van der Waals surface area (Å²) in [4.78, 5) is 28.9. The van der Waals surface area contributed by atoms with E-state index in [0.717, 1.165) is 12.1 Å². The van der Waals surface area contributed by atoms with Gasteiger partial charge in [0.15, 0.2) is 5.78 Å². The molecule has 1 aromatic heterocycles. The second kappa shape index (κ2) is 9.42. The number of carbonyl (C=O) groups is 2. The number of aromatic nitrogens is 1. The molecule has 0 saturated carbocycles. The molecule has 0 unspecified atom stereocenters. The van der Waals surface area contributed by atoms with Crippen molar-refractivity contribution in [3.05, 3.63) is 58.9 Å². The van der Waals surface area contributed by atoms with E-state index in [1.54, 1.807) is 6.92 Å². The molecule has 0 fully saturated rings. The number of aryl methyl sites for hydroxylation is 1. The molecule has 2 rings (SSSR count).